The number of nitrogens with one attached hydrogen (secondary N) is 1. The Kier molecular flexibility index (Phi) is 8.61. The number of carbonyl (C=O) groups excluding carboxylic acids is 1. The summed E-state index contributed by atoms with van der Waals surface area (Å²) < 4.78 is 22.1. The van der Waals surface area contributed by atoms with Crippen molar-refractivity contribution in [3.05, 3.63) is 94.8 Å². The molecular formula is C31H31ClFN7O2. The van der Waals surface area contributed by atoms with E-state index in [0.29, 0.717) is 61.8 Å². The maximum Gasteiger partial charge on any atom is 0.410 e. The molecule has 1 amide bonds. The van der Waals surface area contributed by atoms with Crippen molar-refractivity contribution in [2.45, 2.75) is 26.1 Å². The SMILES string of the molecule is Cl.N#Cc1c(-c2ccc(CN)cc2F)nn2c1Nc1ccc(N3CCN(C(=O)OCc4ccccc4)CC3)cc1CC2. The smallest absolute Gasteiger partial charge is 0.410 e. The molecule has 216 valence electrons. The number of aromatic nitrogens is 2. The zero-order valence-corrected chi connectivity index (χ0v) is 23.7. The van der Waals surface area contributed by atoms with Crippen LogP contribution in [-0.2, 0) is 30.9 Å². The van der Waals surface area contributed by atoms with E-state index < -0.39 is 5.82 Å². The fourth-order valence-corrected chi connectivity index (χ4v) is 5.34. The summed E-state index contributed by atoms with van der Waals surface area (Å²) in [6.07, 6.45) is 0.395. The van der Waals surface area contributed by atoms with Gasteiger partial charge < -0.3 is 25.6 Å². The minimum atomic E-state index is -0.452. The average Bonchev–Trinajstić information content (AvgIpc) is 3.25. The van der Waals surface area contributed by atoms with Gasteiger partial charge in [-0.15, -0.1) is 12.4 Å². The van der Waals surface area contributed by atoms with E-state index in [1.165, 1.54) is 6.07 Å². The lowest BCUT2D eigenvalue weighted by Gasteiger charge is -2.35. The van der Waals surface area contributed by atoms with E-state index in [2.05, 4.69) is 27.5 Å². The van der Waals surface area contributed by atoms with Crippen LogP contribution in [0.4, 0.5) is 26.4 Å². The van der Waals surface area contributed by atoms with Crippen LogP contribution < -0.4 is 16.0 Å². The Morgan fingerprint density at radius 1 is 1.02 bits per heavy atom. The molecule has 0 bridgehead atoms. The highest BCUT2D eigenvalue weighted by Gasteiger charge is 2.26. The fraction of sp³-hybridized carbons (Fsp3) is 0.258. The summed E-state index contributed by atoms with van der Waals surface area (Å²) in [5, 5.41) is 18.0. The van der Waals surface area contributed by atoms with Crippen LogP contribution in [0.2, 0.25) is 0 Å². The summed E-state index contributed by atoms with van der Waals surface area (Å²) in [7, 11) is 0. The summed E-state index contributed by atoms with van der Waals surface area (Å²) in [4.78, 5) is 16.6. The second-order valence-corrected chi connectivity index (χ2v) is 10.2. The van der Waals surface area contributed by atoms with Gasteiger partial charge >= 0.3 is 6.09 Å². The molecule has 1 aromatic heterocycles. The molecule has 1 saturated heterocycles. The van der Waals surface area contributed by atoms with Gasteiger partial charge in [0.2, 0.25) is 0 Å². The van der Waals surface area contributed by atoms with Crippen molar-refractivity contribution in [3.8, 4) is 17.3 Å². The number of rotatable bonds is 5. The van der Waals surface area contributed by atoms with E-state index in [9.17, 15) is 14.4 Å². The Morgan fingerprint density at radius 2 is 1.81 bits per heavy atom. The summed E-state index contributed by atoms with van der Waals surface area (Å²) in [5.41, 5.74) is 11.2. The van der Waals surface area contributed by atoms with E-state index in [0.717, 1.165) is 22.5 Å². The molecule has 2 aliphatic rings. The fourth-order valence-electron chi connectivity index (χ4n) is 5.34. The van der Waals surface area contributed by atoms with Gasteiger partial charge in [0.25, 0.3) is 0 Å². The van der Waals surface area contributed by atoms with E-state index in [4.69, 9.17) is 10.5 Å². The minimum absolute atomic E-state index is 0. The zero-order valence-electron chi connectivity index (χ0n) is 22.9. The summed E-state index contributed by atoms with van der Waals surface area (Å²) in [6, 6.07) is 22.8. The molecule has 0 atom stereocenters. The van der Waals surface area contributed by atoms with Gasteiger partial charge in [0.05, 0.1) is 0 Å². The largest absolute Gasteiger partial charge is 0.445 e. The third kappa shape index (κ3) is 5.75. The molecule has 11 heteroatoms. The second kappa shape index (κ2) is 12.5. The zero-order chi connectivity index (χ0) is 28.3. The maximum atomic E-state index is 14.9. The van der Waals surface area contributed by atoms with Gasteiger partial charge in [0.1, 0.15) is 35.6 Å². The molecule has 6 rings (SSSR count). The van der Waals surface area contributed by atoms with Crippen LogP contribution in [0.25, 0.3) is 11.3 Å². The number of aryl methyl sites for hydroxylation is 2. The lowest BCUT2D eigenvalue weighted by atomic mass is 10.0. The molecule has 0 spiro atoms. The quantitative estimate of drug-likeness (QED) is 0.330. The number of halogens is 2. The van der Waals surface area contributed by atoms with Gasteiger partial charge in [-0.25, -0.2) is 13.9 Å². The van der Waals surface area contributed by atoms with Crippen LogP contribution in [-0.4, -0.2) is 47.0 Å². The summed E-state index contributed by atoms with van der Waals surface area (Å²) in [6.45, 7) is 3.59. The third-order valence-corrected chi connectivity index (χ3v) is 7.63. The van der Waals surface area contributed by atoms with Crippen molar-refractivity contribution in [2.75, 3.05) is 36.4 Å². The Labute approximate surface area is 249 Å². The predicted molar refractivity (Wildman–Crippen MR) is 161 cm³/mol. The normalized spacial score (nSPS) is 14.0. The van der Waals surface area contributed by atoms with Crippen molar-refractivity contribution in [3.63, 3.8) is 0 Å². The number of fused-ring (bicyclic) bond motifs is 2. The van der Waals surface area contributed by atoms with Crippen molar-refractivity contribution < 1.29 is 13.9 Å². The van der Waals surface area contributed by atoms with Crippen molar-refractivity contribution in [1.29, 1.82) is 5.26 Å². The second-order valence-electron chi connectivity index (χ2n) is 10.2. The van der Waals surface area contributed by atoms with Crippen LogP contribution in [0, 0.1) is 17.1 Å². The van der Waals surface area contributed by atoms with E-state index >= 15 is 0 Å². The Balaban J connectivity index is 0.00000353. The summed E-state index contributed by atoms with van der Waals surface area (Å²) in [5.74, 6) is 0.103. The topological polar surface area (TPSA) is 112 Å². The van der Waals surface area contributed by atoms with Gasteiger partial charge in [-0.2, -0.15) is 10.4 Å². The minimum Gasteiger partial charge on any atom is -0.445 e. The molecule has 42 heavy (non-hydrogen) atoms. The Morgan fingerprint density at radius 3 is 2.52 bits per heavy atom. The maximum absolute atomic E-state index is 14.9. The summed E-state index contributed by atoms with van der Waals surface area (Å²) >= 11 is 0. The van der Waals surface area contributed by atoms with Crippen LogP contribution in [0.15, 0.2) is 66.7 Å². The molecule has 0 aliphatic carbocycles. The highest BCUT2D eigenvalue weighted by molar-refractivity contribution is 5.85. The molecule has 3 N–H and O–H groups in total. The van der Waals surface area contributed by atoms with Gasteiger partial charge in [-0.1, -0.05) is 36.4 Å². The number of anilines is 3. The van der Waals surface area contributed by atoms with Gasteiger partial charge in [-0.3, -0.25) is 0 Å². The molecule has 9 nitrogen and oxygen atoms in total. The first-order valence-corrected chi connectivity index (χ1v) is 13.6. The molecule has 0 saturated carbocycles. The molecule has 1 fully saturated rings. The molecule has 0 unspecified atom stereocenters. The highest BCUT2D eigenvalue weighted by atomic mass is 35.5. The molecular weight excluding hydrogens is 557 g/mol. The predicted octanol–water partition coefficient (Wildman–Crippen LogP) is 5.20. The first-order valence-electron chi connectivity index (χ1n) is 13.6. The number of piperazine rings is 1. The molecule has 4 aromatic rings. The van der Waals surface area contributed by atoms with Gasteiger partial charge in [-0.05, 0) is 53.4 Å². The van der Waals surface area contributed by atoms with Crippen LogP contribution in [0.5, 0.6) is 0 Å². The lowest BCUT2D eigenvalue weighted by Crippen LogP contribution is -2.49. The van der Waals surface area contributed by atoms with Crippen LogP contribution in [0.3, 0.4) is 0 Å². The standard InChI is InChI=1S/C31H30FN7O2.ClH/c32-27-16-22(18-33)6-8-25(27)29-26(19-34)30-35-28-9-7-24(17-23(28)10-11-39(30)36-29)37-12-14-38(15-13-37)31(40)41-20-21-4-2-1-3-5-21;/h1-9,16-17,35H,10-15,18,20,33H2;1H. The number of benzene rings is 3. The number of hydrogen-bond donors (Lipinski definition) is 2. The molecule has 2 aliphatic heterocycles. The molecule has 0 radical (unpaired) electrons. The van der Waals surface area contributed by atoms with Crippen molar-refractivity contribution >= 4 is 35.7 Å². The lowest BCUT2D eigenvalue weighted by molar-refractivity contribution is 0.0942. The third-order valence-electron chi connectivity index (χ3n) is 7.63. The first-order chi connectivity index (χ1) is 20.0. The van der Waals surface area contributed by atoms with Crippen LogP contribution in [0.1, 0.15) is 22.3 Å². The number of nitrogens with zero attached hydrogens (tertiary/aromatic N) is 5. The number of ether oxygens (including phenoxy) is 1. The Bertz CT molecular complexity index is 1630. The Hall–Kier alpha value is -4.59. The first kappa shape index (κ1) is 28.9. The van der Waals surface area contributed by atoms with E-state index in [1.54, 1.807) is 21.7 Å². The van der Waals surface area contributed by atoms with Crippen molar-refractivity contribution in [2.24, 2.45) is 5.73 Å². The molecule has 3 aromatic carbocycles. The van der Waals surface area contributed by atoms with E-state index in [1.807, 2.05) is 42.5 Å². The monoisotopic (exact) mass is 587 g/mol. The number of nitriles is 1. The number of hydrogen-bond acceptors (Lipinski definition) is 7. The van der Waals surface area contributed by atoms with E-state index in [-0.39, 0.29) is 37.2 Å². The highest BCUT2D eigenvalue weighted by Crippen LogP contribution is 2.36. The van der Waals surface area contributed by atoms with Crippen LogP contribution >= 0.6 is 12.4 Å². The number of amides is 1. The average molecular weight is 588 g/mol. The van der Waals surface area contributed by atoms with Gasteiger partial charge in [0, 0.05) is 56.2 Å². The van der Waals surface area contributed by atoms with Gasteiger partial charge in [0.15, 0.2) is 0 Å². The molecule has 3 heterocycles. The van der Waals surface area contributed by atoms with Crippen molar-refractivity contribution in [1.82, 2.24) is 14.7 Å². The number of carbonyl (C=O) groups is 1. The number of nitrogens with two attached hydrogens (primary N) is 1.